The van der Waals surface area contributed by atoms with Gasteiger partial charge < -0.3 is 14.6 Å². The van der Waals surface area contributed by atoms with E-state index in [0.29, 0.717) is 17.4 Å². The molecule has 0 radical (unpaired) electrons. The summed E-state index contributed by atoms with van der Waals surface area (Å²) in [7, 11) is 1.54. The molecule has 228 valence electrons. The van der Waals surface area contributed by atoms with Gasteiger partial charge in [-0.15, -0.1) is 0 Å². The fourth-order valence-electron chi connectivity index (χ4n) is 7.27. The van der Waals surface area contributed by atoms with Crippen LogP contribution >= 0.6 is 0 Å². The van der Waals surface area contributed by atoms with E-state index >= 15 is 4.39 Å². The summed E-state index contributed by atoms with van der Waals surface area (Å²) in [6.45, 7) is 9.18. The van der Waals surface area contributed by atoms with E-state index in [1.165, 1.54) is 12.6 Å². The number of fused-ring (bicyclic) bond motifs is 1. The van der Waals surface area contributed by atoms with Crippen LogP contribution in [0.2, 0.25) is 0 Å². The molecule has 1 aliphatic carbocycles. The molecule has 1 N–H and O–H groups in total. The number of methoxy groups -OCH3 is 1. The Morgan fingerprint density at radius 3 is 2.70 bits per heavy atom. The smallest absolute Gasteiger partial charge is 0.306 e. The molecule has 6 rings (SSSR count). The monoisotopic (exact) mass is 586 g/mol. The molecule has 43 heavy (non-hydrogen) atoms. The number of carboxylic acid groups (broad SMARTS) is 1. The van der Waals surface area contributed by atoms with E-state index in [1.807, 2.05) is 13.0 Å². The second-order valence-corrected chi connectivity index (χ2v) is 13.6. The normalized spacial score (nSPS) is 21.4. The number of carboxylic acids is 1. The zero-order valence-electron chi connectivity index (χ0n) is 25.7. The molecule has 2 fully saturated rings. The molecular weight excluding hydrogens is 543 g/mol. The Kier molecular flexibility index (Phi) is 8.20. The molecule has 1 aromatic heterocycles. The van der Waals surface area contributed by atoms with Gasteiger partial charge in [0.25, 0.3) is 0 Å². The van der Waals surface area contributed by atoms with Gasteiger partial charge in [-0.3, -0.25) is 9.69 Å². The number of nitrogens with zero attached hydrogens (tertiary/aromatic N) is 2. The van der Waals surface area contributed by atoms with Crippen molar-refractivity contribution in [1.29, 1.82) is 0 Å². The quantitative estimate of drug-likeness (QED) is 0.276. The molecule has 3 heterocycles. The predicted molar refractivity (Wildman–Crippen MR) is 165 cm³/mol. The first kappa shape index (κ1) is 29.6. The second-order valence-electron chi connectivity index (χ2n) is 13.6. The van der Waals surface area contributed by atoms with Crippen molar-refractivity contribution in [3.63, 3.8) is 0 Å². The zero-order valence-corrected chi connectivity index (χ0v) is 25.7. The van der Waals surface area contributed by atoms with Gasteiger partial charge in [0, 0.05) is 24.7 Å². The van der Waals surface area contributed by atoms with Crippen LogP contribution in [0.3, 0.4) is 0 Å². The van der Waals surface area contributed by atoms with Gasteiger partial charge >= 0.3 is 5.97 Å². The van der Waals surface area contributed by atoms with Crippen molar-refractivity contribution in [3.05, 3.63) is 76.7 Å². The van der Waals surface area contributed by atoms with Crippen molar-refractivity contribution in [2.24, 2.45) is 17.3 Å². The maximum absolute atomic E-state index is 15.2. The number of aryl methyl sites for hydroxylation is 1. The maximum Gasteiger partial charge on any atom is 0.306 e. The van der Waals surface area contributed by atoms with Crippen LogP contribution in [0.4, 0.5) is 4.39 Å². The van der Waals surface area contributed by atoms with E-state index in [4.69, 9.17) is 9.47 Å². The molecule has 0 amide bonds. The fraction of sp³-hybridized carbons (Fsp3) is 0.500. The zero-order chi connectivity index (χ0) is 30.3. The number of piperidine rings is 1. The molecule has 1 saturated heterocycles. The van der Waals surface area contributed by atoms with Crippen LogP contribution < -0.4 is 9.47 Å². The van der Waals surface area contributed by atoms with Crippen LogP contribution in [0.15, 0.2) is 48.7 Å². The summed E-state index contributed by atoms with van der Waals surface area (Å²) in [5.74, 6) is 0.100. The summed E-state index contributed by atoms with van der Waals surface area (Å²) in [6, 6.07) is 14.3. The number of aliphatic carboxylic acids is 1. The van der Waals surface area contributed by atoms with Gasteiger partial charge in [0.1, 0.15) is 17.7 Å². The van der Waals surface area contributed by atoms with E-state index in [1.54, 1.807) is 13.2 Å². The highest BCUT2D eigenvalue weighted by Crippen LogP contribution is 2.48. The number of halogens is 1. The number of aromatic nitrogens is 1. The summed E-state index contributed by atoms with van der Waals surface area (Å²) in [4.78, 5) is 18.4. The molecule has 3 aromatic rings. The number of hydrogen-bond acceptors (Lipinski definition) is 5. The van der Waals surface area contributed by atoms with Gasteiger partial charge in [0.05, 0.1) is 19.2 Å². The lowest BCUT2D eigenvalue weighted by atomic mass is 9.82. The van der Waals surface area contributed by atoms with E-state index in [-0.39, 0.29) is 23.3 Å². The Bertz CT molecular complexity index is 1500. The van der Waals surface area contributed by atoms with Gasteiger partial charge in [0.15, 0.2) is 0 Å². The Morgan fingerprint density at radius 1 is 1.16 bits per heavy atom. The van der Waals surface area contributed by atoms with Gasteiger partial charge in [0.2, 0.25) is 5.88 Å². The predicted octanol–water partition coefficient (Wildman–Crippen LogP) is 7.80. The van der Waals surface area contributed by atoms with Crippen LogP contribution in [0, 0.1) is 23.1 Å². The lowest BCUT2D eigenvalue weighted by Gasteiger charge is -2.38. The third kappa shape index (κ3) is 6.42. The molecular formula is C36H43FN2O4. The highest BCUT2D eigenvalue weighted by Gasteiger charge is 2.39. The van der Waals surface area contributed by atoms with E-state index < -0.39 is 11.9 Å². The average Bonchev–Trinajstić information content (AvgIpc) is 3.82. The van der Waals surface area contributed by atoms with Crippen molar-refractivity contribution in [1.82, 2.24) is 9.88 Å². The number of ether oxygens (including phenoxy) is 2. The number of pyridine rings is 1. The second kappa shape index (κ2) is 11.9. The largest absolute Gasteiger partial charge is 0.485 e. The summed E-state index contributed by atoms with van der Waals surface area (Å²) in [6.07, 6.45) is 7.33. The van der Waals surface area contributed by atoms with E-state index in [2.05, 4.69) is 54.1 Å². The number of rotatable bonds is 9. The first-order valence-corrected chi connectivity index (χ1v) is 15.7. The standard InChI is InChI=1S/C36H43FN2O4/c1-22(35(40)41)34(24-7-8-24)26-9-6-23-11-13-31(43-32(23)17-26)25-10-12-28(29-18-33(42-4)38-19-30(29)37)27(16-25)20-39-15-5-14-36(2,3)21-39/h6,9-10,12,16-19,22,24,31,34H,5,7-8,11,13-15,20-21H2,1-4H3,(H,40,41)/t22-,31?,34?/m0/s1. The molecule has 1 saturated carbocycles. The third-order valence-electron chi connectivity index (χ3n) is 9.68. The highest BCUT2D eigenvalue weighted by molar-refractivity contribution is 5.71. The molecule has 0 spiro atoms. The topological polar surface area (TPSA) is 71.9 Å². The number of likely N-dealkylation sites (tertiary alicyclic amines) is 1. The van der Waals surface area contributed by atoms with Crippen molar-refractivity contribution >= 4 is 5.97 Å². The van der Waals surface area contributed by atoms with E-state index in [9.17, 15) is 9.90 Å². The minimum atomic E-state index is -0.749. The van der Waals surface area contributed by atoms with Crippen LogP contribution in [0.1, 0.15) is 87.2 Å². The molecule has 2 unspecified atom stereocenters. The fourth-order valence-corrected chi connectivity index (χ4v) is 7.27. The summed E-state index contributed by atoms with van der Waals surface area (Å²) in [5.41, 5.74) is 5.94. The van der Waals surface area contributed by atoms with Crippen molar-refractivity contribution in [2.75, 3.05) is 20.2 Å². The maximum atomic E-state index is 15.2. The molecule has 3 atom stereocenters. The van der Waals surface area contributed by atoms with Crippen LogP contribution in [-0.4, -0.2) is 41.2 Å². The van der Waals surface area contributed by atoms with Crippen molar-refractivity contribution in [2.45, 2.75) is 77.9 Å². The lowest BCUT2D eigenvalue weighted by molar-refractivity contribution is -0.142. The first-order valence-electron chi connectivity index (χ1n) is 15.7. The Balaban J connectivity index is 1.32. The Labute approximate surface area is 254 Å². The van der Waals surface area contributed by atoms with Crippen LogP contribution in [-0.2, 0) is 17.8 Å². The molecule has 0 bridgehead atoms. The van der Waals surface area contributed by atoms with Gasteiger partial charge in [-0.1, -0.05) is 51.1 Å². The first-order chi connectivity index (χ1) is 20.6. The summed E-state index contributed by atoms with van der Waals surface area (Å²) >= 11 is 0. The molecule has 2 aliphatic heterocycles. The molecule has 6 nitrogen and oxygen atoms in total. The highest BCUT2D eigenvalue weighted by atomic mass is 19.1. The summed E-state index contributed by atoms with van der Waals surface area (Å²) in [5, 5.41) is 9.77. The Hall–Kier alpha value is -3.45. The van der Waals surface area contributed by atoms with Gasteiger partial charge in [-0.25, -0.2) is 9.37 Å². The van der Waals surface area contributed by atoms with Crippen LogP contribution in [0.5, 0.6) is 11.6 Å². The minimum absolute atomic E-state index is 0.00120. The number of carbonyl (C=O) groups is 1. The number of benzene rings is 2. The molecule has 7 heteroatoms. The minimum Gasteiger partial charge on any atom is -0.485 e. The SMILES string of the molecule is COc1cc(-c2ccc(C3CCc4ccc(C(C5CC5)[C@H](C)C(=O)O)cc4O3)cc2CN2CCCC(C)(C)C2)c(F)cn1. The lowest BCUT2D eigenvalue weighted by Crippen LogP contribution is -2.39. The van der Waals surface area contributed by atoms with E-state index in [0.717, 1.165) is 85.3 Å². The molecule has 2 aromatic carbocycles. The third-order valence-corrected chi connectivity index (χ3v) is 9.68. The van der Waals surface area contributed by atoms with Gasteiger partial charge in [-0.05, 0) is 96.2 Å². The average molecular weight is 587 g/mol. The van der Waals surface area contributed by atoms with Crippen LogP contribution in [0.25, 0.3) is 11.1 Å². The number of hydrogen-bond donors (Lipinski definition) is 1. The Morgan fingerprint density at radius 2 is 1.98 bits per heavy atom. The molecule has 3 aliphatic rings. The van der Waals surface area contributed by atoms with Gasteiger partial charge in [-0.2, -0.15) is 0 Å². The van der Waals surface area contributed by atoms with Crippen molar-refractivity contribution < 1.29 is 23.8 Å². The summed E-state index contributed by atoms with van der Waals surface area (Å²) < 4.78 is 27.2. The van der Waals surface area contributed by atoms with Crippen molar-refractivity contribution in [3.8, 4) is 22.8 Å².